The monoisotopic (exact) mass is 285 g/mol. The Bertz CT molecular complexity index is 628. The molecule has 1 unspecified atom stereocenters. The van der Waals surface area contributed by atoms with Gasteiger partial charge in [-0.05, 0) is 31.0 Å². The molecule has 110 valence electrons. The van der Waals surface area contributed by atoms with Gasteiger partial charge in [0.2, 0.25) is 5.91 Å². The summed E-state index contributed by atoms with van der Waals surface area (Å²) in [6, 6.07) is 5.51. The van der Waals surface area contributed by atoms with Gasteiger partial charge in [0.15, 0.2) is 0 Å². The topological polar surface area (TPSA) is 89.4 Å². The summed E-state index contributed by atoms with van der Waals surface area (Å²) < 4.78 is 0. The lowest BCUT2D eigenvalue weighted by atomic mass is 10.0. The van der Waals surface area contributed by atoms with E-state index in [9.17, 15) is 9.59 Å². The summed E-state index contributed by atoms with van der Waals surface area (Å²) in [5.41, 5.74) is 12.9. The van der Waals surface area contributed by atoms with Gasteiger partial charge in [0.1, 0.15) is 0 Å². The van der Waals surface area contributed by atoms with Gasteiger partial charge in [0.05, 0.1) is 12.5 Å². The Morgan fingerprint density at radius 3 is 2.81 bits per heavy atom. The fourth-order valence-electron chi connectivity index (χ4n) is 2.43. The molecule has 5 nitrogen and oxygen atoms in total. The van der Waals surface area contributed by atoms with Crippen LogP contribution in [0.15, 0.2) is 18.2 Å². The van der Waals surface area contributed by atoms with Crippen LogP contribution in [0.2, 0.25) is 0 Å². The Kier molecular flexibility index (Phi) is 4.61. The lowest BCUT2D eigenvalue weighted by molar-refractivity contribution is -0.121. The summed E-state index contributed by atoms with van der Waals surface area (Å²) in [6.07, 6.45) is 0.632. The molecule has 0 saturated carbocycles. The highest BCUT2D eigenvalue weighted by molar-refractivity contribution is 5.96. The van der Waals surface area contributed by atoms with Crippen molar-refractivity contribution < 1.29 is 9.59 Å². The minimum Gasteiger partial charge on any atom is -0.369 e. The summed E-state index contributed by atoms with van der Waals surface area (Å²) >= 11 is 0. The second kappa shape index (κ2) is 6.42. The van der Waals surface area contributed by atoms with Crippen LogP contribution in [0, 0.1) is 24.7 Å². The number of nitrogens with zero attached hydrogens (tertiary/aromatic N) is 1. The van der Waals surface area contributed by atoms with Crippen LogP contribution in [0.3, 0.4) is 0 Å². The third-order valence-electron chi connectivity index (χ3n) is 3.68. The Morgan fingerprint density at radius 1 is 1.43 bits per heavy atom. The van der Waals surface area contributed by atoms with Gasteiger partial charge in [0, 0.05) is 24.2 Å². The van der Waals surface area contributed by atoms with E-state index in [-0.39, 0.29) is 24.3 Å². The standard InChI is InChI=1S/C16H19N3O2/c1-11-4-5-12(3-2-7-17)9-14(11)16(21)19-8-6-13(10-19)15(18)20/h4-5,9,13H,6-8,10,17H2,1H3,(H2,18,20). The average Bonchev–Trinajstić information content (AvgIpc) is 2.95. The number of rotatable bonds is 2. The number of hydrogen-bond donors (Lipinski definition) is 2. The van der Waals surface area contributed by atoms with Gasteiger partial charge in [0.25, 0.3) is 5.91 Å². The van der Waals surface area contributed by atoms with Crippen LogP contribution in [-0.2, 0) is 4.79 Å². The second-order valence-corrected chi connectivity index (χ2v) is 5.17. The van der Waals surface area contributed by atoms with Crippen LogP contribution in [0.1, 0.15) is 27.9 Å². The van der Waals surface area contributed by atoms with Crippen molar-refractivity contribution in [3.05, 3.63) is 34.9 Å². The third kappa shape index (κ3) is 3.41. The average molecular weight is 285 g/mol. The lowest BCUT2D eigenvalue weighted by Gasteiger charge is -2.17. The minimum absolute atomic E-state index is 0.0763. The van der Waals surface area contributed by atoms with E-state index in [0.717, 1.165) is 11.1 Å². The number of aryl methyl sites for hydroxylation is 1. The van der Waals surface area contributed by atoms with Crippen LogP contribution in [0.4, 0.5) is 0 Å². The molecule has 1 aliphatic heterocycles. The molecule has 0 bridgehead atoms. The van der Waals surface area contributed by atoms with Crippen molar-refractivity contribution in [1.29, 1.82) is 0 Å². The molecule has 0 aliphatic carbocycles. The summed E-state index contributed by atoms with van der Waals surface area (Å²) in [7, 11) is 0. The molecule has 2 amide bonds. The van der Waals surface area contributed by atoms with Crippen molar-refractivity contribution in [2.75, 3.05) is 19.6 Å². The molecule has 1 saturated heterocycles. The highest BCUT2D eigenvalue weighted by atomic mass is 16.2. The van der Waals surface area contributed by atoms with Gasteiger partial charge in [-0.2, -0.15) is 0 Å². The molecule has 0 radical (unpaired) electrons. The Labute approximate surface area is 124 Å². The molecule has 1 aromatic rings. The molecule has 1 aliphatic rings. The van der Waals surface area contributed by atoms with E-state index in [1.807, 2.05) is 19.1 Å². The number of primary amides is 1. The summed E-state index contributed by atoms with van der Waals surface area (Å²) in [6.45, 7) is 3.12. The van der Waals surface area contributed by atoms with Gasteiger partial charge in [-0.15, -0.1) is 0 Å². The minimum atomic E-state index is -0.343. The molecule has 0 spiro atoms. The molecule has 5 heteroatoms. The molecule has 1 aromatic carbocycles. The zero-order valence-electron chi connectivity index (χ0n) is 12.1. The Hall–Kier alpha value is -2.32. The second-order valence-electron chi connectivity index (χ2n) is 5.17. The number of carbonyl (C=O) groups excluding carboxylic acids is 2. The van der Waals surface area contributed by atoms with Crippen molar-refractivity contribution in [3.63, 3.8) is 0 Å². The Morgan fingerprint density at radius 2 is 2.19 bits per heavy atom. The molecule has 4 N–H and O–H groups in total. The highest BCUT2D eigenvalue weighted by Crippen LogP contribution is 2.20. The predicted molar refractivity (Wildman–Crippen MR) is 80.3 cm³/mol. The first kappa shape index (κ1) is 15.1. The van der Waals surface area contributed by atoms with Crippen LogP contribution in [0.5, 0.6) is 0 Å². The van der Waals surface area contributed by atoms with Gasteiger partial charge in [-0.25, -0.2) is 0 Å². The maximum absolute atomic E-state index is 12.6. The summed E-state index contributed by atoms with van der Waals surface area (Å²) in [5, 5.41) is 0. The molecule has 2 rings (SSSR count). The van der Waals surface area contributed by atoms with E-state index in [0.29, 0.717) is 25.1 Å². The van der Waals surface area contributed by atoms with E-state index in [2.05, 4.69) is 11.8 Å². The zero-order valence-corrected chi connectivity index (χ0v) is 12.1. The maximum atomic E-state index is 12.6. The third-order valence-corrected chi connectivity index (χ3v) is 3.68. The number of carbonyl (C=O) groups is 2. The van der Waals surface area contributed by atoms with Gasteiger partial charge >= 0.3 is 0 Å². The van der Waals surface area contributed by atoms with Crippen LogP contribution < -0.4 is 11.5 Å². The van der Waals surface area contributed by atoms with Crippen LogP contribution in [0.25, 0.3) is 0 Å². The van der Waals surface area contributed by atoms with Gasteiger partial charge < -0.3 is 16.4 Å². The van der Waals surface area contributed by atoms with Crippen molar-refractivity contribution >= 4 is 11.8 Å². The SMILES string of the molecule is Cc1ccc(C#CCN)cc1C(=O)N1CCC(C(N)=O)C1. The van der Waals surface area contributed by atoms with Crippen LogP contribution in [-0.4, -0.2) is 36.3 Å². The molecule has 1 fully saturated rings. The lowest BCUT2D eigenvalue weighted by Crippen LogP contribution is -2.32. The normalized spacial score (nSPS) is 17.2. The number of benzene rings is 1. The molecule has 0 aromatic heterocycles. The van der Waals surface area contributed by atoms with Gasteiger partial charge in [-0.3, -0.25) is 9.59 Å². The van der Waals surface area contributed by atoms with E-state index in [1.165, 1.54) is 0 Å². The molecular weight excluding hydrogens is 266 g/mol. The van der Waals surface area contributed by atoms with Crippen molar-refractivity contribution in [3.8, 4) is 11.8 Å². The maximum Gasteiger partial charge on any atom is 0.254 e. The number of hydrogen-bond acceptors (Lipinski definition) is 3. The Balaban J connectivity index is 2.21. The van der Waals surface area contributed by atoms with Crippen LogP contribution >= 0.6 is 0 Å². The van der Waals surface area contributed by atoms with E-state index in [4.69, 9.17) is 11.5 Å². The molecule has 21 heavy (non-hydrogen) atoms. The first-order valence-corrected chi connectivity index (χ1v) is 6.91. The fraction of sp³-hybridized carbons (Fsp3) is 0.375. The smallest absolute Gasteiger partial charge is 0.254 e. The number of nitrogens with two attached hydrogens (primary N) is 2. The fourth-order valence-corrected chi connectivity index (χ4v) is 2.43. The first-order chi connectivity index (χ1) is 10.0. The highest BCUT2D eigenvalue weighted by Gasteiger charge is 2.30. The quantitative estimate of drug-likeness (QED) is 0.763. The van der Waals surface area contributed by atoms with E-state index >= 15 is 0 Å². The van der Waals surface area contributed by atoms with E-state index < -0.39 is 0 Å². The van der Waals surface area contributed by atoms with Crippen molar-refractivity contribution in [1.82, 2.24) is 4.90 Å². The predicted octanol–water partition coefficient (Wildman–Crippen LogP) is 0.253. The van der Waals surface area contributed by atoms with Crippen molar-refractivity contribution in [2.45, 2.75) is 13.3 Å². The number of amides is 2. The van der Waals surface area contributed by atoms with E-state index in [1.54, 1.807) is 11.0 Å². The van der Waals surface area contributed by atoms with Crippen molar-refractivity contribution in [2.24, 2.45) is 17.4 Å². The molecular formula is C16H19N3O2. The molecule has 1 atom stereocenters. The largest absolute Gasteiger partial charge is 0.369 e. The van der Waals surface area contributed by atoms with Gasteiger partial charge in [-0.1, -0.05) is 17.9 Å². The number of likely N-dealkylation sites (tertiary alicyclic amines) is 1. The molecule has 1 heterocycles. The zero-order chi connectivity index (χ0) is 15.4. The summed E-state index contributed by atoms with van der Waals surface area (Å²) in [5.74, 6) is 5.04. The summed E-state index contributed by atoms with van der Waals surface area (Å²) in [4.78, 5) is 25.4. The first-order valence-electron chi connectivity index (χ1n) is 6.91.